The molecule has 1 aliphatic rings. The second-order valence-electron chi connectivity index (χ2n) is 5.11. The molecule has 1 fully saturated rings. The molecule has 0 N–H and O–H groups in total. The summed E-state index contributed by atoms with van der Waals surface area (Å²) in [5.41, 5.74) is 1.36. The summed E-state index contributed by atoms with van der Waals surface area (Å²) in [6.45, 7) is 4.21. The molecular formula is C15H22ClNO. The Labute approximate surface area is 115 Å². The number of benzene rings is 1. The van der Waals surface area contributed by atoms with Gasteiger partial charge >= 0.3 is 0 Å². The molecule has 1 aliphatic carbocycles. The summed E-state index contributed by atoms with van der Waals surface area (Å²) in [5, 5.41) is 0.813. The lowest BCUT2D eigenvalue weighted by Gasteiger charge is -2.21. The summed E-state index contributed by atoms with van der Waals surface area (Å²) in [6.07, 6.45) is 3.91. The van der Waals surface area contributed by atoms with E-state index in [4.69, 9.17) is 16.3 Å². The van der Waals surface area contributed by atoms with Crippen molar-refractivity contribution in [2.75, 3.05) is 33.4 Å². The van der Waals surface area contributed by atoms with Gasteiger partial charge in [0.1, 0.15) is 0 Å². The first kappa shape index (κ1) is 13.9. The molecule has 0 atom stereocenters. The van der Waals surface area contributed by atoms with Crippen LogP contribution >= 0.6 is 11.6 Å². The first-order valence-electron chi connectivity index (χ1n) is 6.73. The first-order valence-corrected chi connectivity index (χ1v) is 7.11. The second kappa shape index (κ2) is 7.13. The van der Waals surface area contributed by atoms with E-state index in [0.717, 1.165) is 37.1 Å². The quantitative estimate of drug-likeness (QED) is 0.717. The average molecular weight is 268 g/mol. The molecule has 1 aromatic carbocycles. The Morgan fingerprint density at radius 1 is 1.22 bits per heavy atom. The highest BCUT2D eigenvalue weighted by Gasteiger charge is 2.23. The topological polar surface area (TPSA) is 12.5 Å². The van der Waals surface area contributed by atoms with E-state index in [1.807, 2.05) is 12.1 Å². The van der Waals surface area contributed by atoms with Gasteiger partial charge in [-0.25, -0.2) is 0 Å². The number of methoxy groups -OCH3 is 1. The molecule has 2 nitrogen and oxygen atoms in total. The monoisotopic (exact) mass is 267 g/mol. The summed E-state index contributed by atoms with van der Waals surface area (Å²) < 4.78 is 5.18. The molecule has 3 heteroatoms. The molecule has 2 rings (SSSR count). The number of nitrogens with zero attached hydrogens (tertiary/aromatic N) is 1. The van der Waals surface area contributed by atoms with E-state index < -0.39 is 0 Å². The molecule has 0 spiro atoms. The molecule has 0 amide bonds. The van der Waals surface area contributed by atoms with Crippen LogP contribution in [0.4, 0.5) is 0 Å². The van der Waals surface area contributed by atoms with Gasteiger partial charge in [-0.2, -0.15) is 0 Å². The van der Waals surface area contributed by atoms with Gasteiger partial charge in [0.2, 0.25) is 0 Å². The van der Waals surface area contributed by atoms with Gasteiger partial charge in [0, 0.05) is 31.8 Å². The highest BCUT2D eigenvalue weighted by Crippen LogP contribution is 2.29. The van der Waals surface area contributed by atoms with Crippen molar-refractivity contribution >= 4 is 11.6 Å². The molecule has 1 aromatic rings. The molecule has 0 radical (unpaired) electrons. The van der Waals surface area contributed by atoms with Crippen LogP contribution in [0.15, 0.2) is 24.3 Å². The molecule has 0 aliphatic heterocycles. The van der Waals surface area contributed by atoms with Crippen LogP contribution in [0.1, 0.15) is 18.4 Å². The van der Waals surface area contributed by atoms with Crippen molar-refractivity contribution in [1.29, 1.82) is 0 Å². The predicted molar refractivity (Wildman–Crippen MR) is 76.2 cm³/mol. The Morgan fingerprint density at radius 3 is 2.56 bits per heavy atom. The summed E-state index contributed by atoms with van der Waals surface area (Å²) in [7, 11) is 1.77. The van der Waals surface area contributed by atoms with Gasteiger partial charge in [0.25, 0.3) is 0 Å². The van der Waals surface area contributed by atoms with E-state index in [1.165, 1.54) is 24.9 Å². The van der Waals surface area contributed by atoms with E-state index in [1.54, 1.807) is 7.11 Å². The van der Waals surface area contributed by atoms with Crippen LogP contribution in [0.25, 0.3) is 0 Å². The molecule has 18 heavy (non-hydrogen) atoms. The van der Waals surface area contributed by atoms with E-state index in [2.05, 4.69) is 17.0 Å². The lowest BCUT2D eigenvalue weighted by atomic mass is 10.1. The molecule has 0 saturated heterocycles. The smallest absolute Gasteiger partial charge is 0.0589 e. The third-order valence-electron chi connectivity index (χ3n) is 3.45. The van der Waals surface area contributed by atoms with Crippen LogP contribution in [0, 0.1) is 5.92 Å². The van der Waals surface area contributed by atoms with Gasteiger partial charge in [-0.1, -0.05) is 23.7 Å². The van der Waals surface area contributed by atoms with Crippen LogP contribution in [-0.4, -0.2) is 38.3 Å². The third-order valence-corrected chi connectivity index (χ3v) is 3.71. The van der Waals surface area contributed by atoms with Gasteiger partial charge < -0.3 is 9.64 Å². The van der Waals surface area contributed by atoms with Crippen LogP contribution in [0.5, 0.6) is 0 Å². The zero-order valence-electron chi connectivity index (χ0n) is 11.1. The summed E-state index contributed by atoms with van der Waals surface area (Å²) in [5.74, 6) is 0.937. The highest BCUT2D eigenvalue weighted by atomic mass is 35.5. The molecule has 0 unspecified atom stereocenters. The lowest BCUT2D eigenvalue weighted by Crippen LogP contribution is -2.31. The van der Waals surface area contributed by atoms with Gasteiger partial charge in [0.05, 0.1) is 6.61 Å². The molecule has 1 saturated carbocycles. The number of halogens is 1. The zero-order valence-corrected chi connectivity index (χ0v) is 11.8. The van der Waals surface area contributed by atoms with Crippen molar-refractivity contribution in [3.63, 3.8) is 0 Å². The molecule has 0 bridgehead atoms. The average Bonchev–Trinajstić information content (AvgIpc) is 3.18. The molecular weight excluding hydrogens is 246 g/mol. The number of hydrogen-bond donors (Lipinski definition) is 0. The summed E-state index contributed by atoms with van der Waals surface area (Å²) in [4.78, 5) is 2.52. The minimum atomic E-state index is 0.813. The van der Waals surface area contributed by atoms with Gasteiger partial charge in [0.15, 0.2) is 0 Å². The maximum atomic E-state index is 5.89. The van der Waals surface area contributed by atoms with Gasteiger partial charge in [-0.05, 0) is 42.9 Å². The number of hydrogen-bond acceptors (Lipinski definition) is 2. The SMILES string of the molecule is COCCN(CCc1ccc(Cl)cc1)CC1CC1. The van der Waals surface area contributed by atoms with Crippen molar-refractivity contribution in [1.82, 2.24) is 4.90 Å². The predicted octanol–water partition coefficient (Wildman–Crippen LogP) is 3.24. The van der Waals surface area contributed by atoms with Gasteiger partial charge in [-0.15, -0.1) is 0 Å². The third kappa shape index (κ3) is 4.97. The van der Waals surface area contributed by atoms with E-state index in [9.17, 15) is 0 Å². The van der Waals surface area contributed by atoms with Crippen molar-refractivity contribution < 1.29 is 4.74 Å². The van der Waals surface area contributed by atoms with Crippen LogP contribution in [0.3, 0.4) is 0 Å². The Bertz CT molecular complexity index is 348. The van der Waals surface area contributed by atoms with Crippen LogP contribution in [0.2, 0.25) is 5.02 Å². The highest BCUT2D eigenvalue weighted by molar-refractivity contribution is 6.30. The van der Waals surface area contributed by atoms with Crippen molar-refractivity contribution in [2.45, 2.75) is 19.3 Å². The van der Waals surface area contributed by atoms with Crippen molar-refractivity contribution in [3.8, 4) is 0 Å². The van der Waals surface area contributed by atoms with Crippen LogP contribution in [-0.2, 0) is 11.2 Å². The Balaban J connectivity index is 1.77. The Kier molecular flexibility index (Phi) is 5.48. The fraction of sp³-hybridized carbons (Fsp3) is 0.600. The lowest BCUT2D eigenvalue weighted by molar-refractivity contribution is 0.145. The largest absolute Gasteiger partial charge is 0.383 e. The minimum absolute atomic E-state index is 0.813. The standard InChI is InChI=1S/C15H22ClNO/c1-18-11-10-17(12-14-2-3-14)9-8-13-4-6-15(16)7-5-13/h4-7,14H,2-3,8-12H2,1H3. The van der Waals surface area contributed by atoms with Gasteiger partial charge in [-0.3, -0.25) is 0 Å². The summed E-state index contributed by atoms with van der Waals surface area (Å²) in [6, 6.07) is 8.18. The van der Waals surface area contributed by atoms with E-state index in [-0.39, 0.29) is 0 Å². The number of ether oxygens (including phenoxy) is 1. The first-order chi connectivity index (χ1) is 8.78. The van der Waals surface area contributed by atoms with E-state index in [0.29, 0.717) is 0 Å². The normalized spacial score (nSPS) is 15.3. The molecule has 100 valence electrons. The summed E-state index contributed by atoms with van der Waals surface area (Å²) >= 11 is 5.89. The second-order valence-corrected chi connectivity index (χ2v) is 5.55. The van der Waals surface area contributed by atoms with Crippen molar-refractivity contribution in [2.24, 2.45) is 5.92 Å². The Morgan fingerprint density at radius 2 is 1.94 bits per heavy atom. The van der Waals surface area contributed by atoms with E-state index >= 15 is 0 Å². The Hall–Kier alpha value is -0.570. The fourth-order valence-corrected chi connectivity index (χ4v) is 2.24. The zero-order chi connectivity index (χ0) is 12.8. The fourth-order valence-electron chi connectivity index (χ4n) is 2.12. The minimum Gasteiger partial charge on any atom is -0.383 e. The van der Waals surface area contributed by atoms with Crippen molar-refractivity contribution in [3.05, 3.63) is 34.9 Å². The molecule has 0 heterocycles. The molecule has 0 aromatic heterocycles. The van der Waals surface area contributed by atoms with Crippen LogP contribution < -0.4 is 0 Å². The maximum Gasteiger partial charge on any atom is 0.0589 e. The number of rotatable bonds is 8. The maximum absolute atomic E-state index is 5.89.